The van der Waals surface area contributed by atoms with E-state index in [2.05, 4.69) is 6.92 Å². The van der Waals surface area contributed by atoms with Gasteiger partial charge in [0.05, 0.1) is 20.5 Å². The summed E-state index contributed by atoms with van der Waals surface area (Å²) in [6.07, 6.45) is 2.93. The first-order chi connectivity index (χ1) is 12.0. The summed E-state index contributed by atoms with van der Waals surface area (Å²) in [5.41, 5.74) is 1.09. The fourth-order valence-corrected chi connectivity index (χ4v) is 4.49. The summed E-state index contributed by atoms with van der Waals surface area (Å²) < 4.78 is 21.6. The van der Waals surface area contributed by atoms with Gasteiger partial charge >= 0.3 is 11.9 Å². The van der Waals surface area contributed by atoms with Gasteiger partial charge in [-0.25, -0.2) is 0 Å². The molecule has 1 aliphatic carbocycles. The van der Waals surface area contributed by atoms with Crippen molar-refractivity contribution in [1.29, 1.82) is 0 Å². The van der Waals surface area contributed by atoms with Crippen LogP contribution in [0.1, 0.15) is 30.1 Å². The SMILES string of the molecule is COC(=O)C(C(=O)OC)[C@@H]1O[C@@]23COC=C[C@]2(C)[C@@H]3c2ccccc21. The number of esters is 2. The standard InChI is InChI=1S/C19H20O6/c1-18-8-9-24-10-19(18)15(18)12-7-5-4-6-11(12)14(25-19)13(16(20)22-2)17(21)23-3/h4-9,13-15H,10H2,1-3H3/t14-,15+,18-,19-/m1/s1. The second-order valence-electron chi connectivity index (χ2n) is 6.91. The highest BCUT2D eigenvalue weighted by Gasteiger charge is 2.79. The molecule has 25 heavy (non-hydrogen) atoms. The van der Waals surface area contributed by atoms with Gasteiger partial charge in [0.1, 0.15) is 18.3 Å². The molecule has 1 aromatic rings. The minimum Gasteiger partial charge on any atom is -0.498 e. The second kappa shape index (κ2) is 5.33. The molecule has 0 unspecified atom stereocenters. The molecule has 0 amide bonds. The molecule has 4 atom stereocenters. The Balaban J connectivity index is 1.84. The Morgan fingerprint density at radius 2 is 1.80 bits per heavy atom. The van der Waals surface area contributed by atoms with E-state index in [0.717, 1.165) is 11.1 Å². The first-order valence-corrected chi connectivity index (χ1v) is 8.22. The Morgan fingerprint density at radius 3 is 2.44 bits per heavy atom. The summed E-state index contributed by atoms with van der Waals surface area (Å²) in [6, 6.07) is 7.75. The number of hydrogen-bond donors (Lipinski definition) is 0. The van der Waals surface area contributed by atoms with Crippen LogP contribution in [0.3, 0.4) is 0 Å². The molecule has 0 saturated heterocycles. The van der Waals surface area contributed by atoms with E-state index < -0.39 is 29.6 Å². The molecule has 2 aliphatic heterocycles. The monoisotopic (exact) mass is 344 g/mol. The summed E-state index contributed by atoms with van der Waals surface area (Å²) in [4.78, 5) is 24.7. The lowest BCUT2D eigenvalue weighted by atomic mass is 9.87. The molecule has 6 nitrogen and oxygen atoms in total. The molecule has 1 aromatic carbocycles. The Morgan fingerprint density at radius 1 is 1.16 bits per heavy atom. The van der Waals surface area contributed by atoms with Gasteiger partial charge in [0.25, 0.3) is 0 Å². The van der Waals surface area contributed by atoms with E-state index in [0.29, 0.717) is 6.61 Å². The molecule has 132 valence electrons. The first kappa shape index (κ1) is 16.1. The van der Waals surface area contributed by atoms with Gasteiger partial charge in [0.15, 0.2) is 5.92 Å². The smallest absolute Gasteiger partial charge is 0.323 e. The minimum atomic E-state index is -1.18. The number of fused-ring (bicyclic) bond motifs is 3. The van der Waals surface area contributed by atoms with E-state index in [1.165, 1.54) is 14.2 Å². The van der Waals surface area contributed by atoms with Gasteiger partial charge in [-0.15, -0.1) is 0 Å². The van der Waals surface area contributed by atoms with Crippen molar-refractivity contribution in [3.05, 3.63) is 47.7 Å². The van der Waals surface area contributed by atoms with Crippen LogP contribution in [0, 0.1) is 11.3 Å². The topological polar surface area (TPSA) is 71.1 Å². The van der Waals surface area contributed by atoms with Gasteiger partial charge in [-0.3, -0.25) is 9.59 Å². The highest BCUT2D eigenvalue weighted by Crippen LogP contribution is 2.75. The Kier molecular flexibility index (Phi) is 3.44. The van der Waals surface area contributed by atoms with Crippen LogP contribution in [-0.4, -0.2) is 38.4 Å². The lowest BCUT2D eigenvalue weighted by Gasteiger charge is -2.35. The zero-order chi connectivity index (χ0) is 17.8. The molecule has 0 aromatic heterocycles. The molecule has 1 fully saturated rings. The molecule has 0 N–H and O–H groups in total. The van der Waals surface area contributed by atoms with E-state index in [4.69, 9.17) is 18.9 Å². The van der Waals surface area contributed by atoms with Crippen LogP contribution in [0.15, 0.2) is 36.6 Å². The quantitative estimate of drug-likeness (QED) is 0.618. The minimum absolute atomic E-state index is 0.127. The van der Waals surface area contributed by atoms with Gasteiger partial charge in [-0.2, -0.15) is 0 Å². The fourth-order valence-electron chi connectivity index (χ4n) is 4.49. The highest BCUT2D eigenvalue weighted by atomic mass is 16.6. The predicted molar refractivity (Wildman–Crippen MR) is 86.5 cm³/mol. The number of rotatable bonds is 3. The molecule has 2 heterocycles. The summed E-state index contributed by atoms with van der Waals surface area (Å²) in [7, 11) is 2.50. The molecular formula is C19H20O6. The second-order valence-corrected chi connectivity index (χ2v) is 6.91. The van der Waals surface area contributed by atoms with Crippen molar-refractivity contribution in [3.63, 3.8) is 0 Å². The number of carbonyl (C=O) groups excluding carboxylic acids is 2. The summed E-state index contributed by atoms with van der Waals surface area (Å²) in [5, 5.41) is 0. The van der Waals surface area contributed by atoms with Crippen LogP contribution in [-0.2, 0) is 28.5 Å². The normalized spacial score (nSPS) is 34.2. The van der Waals surface area contributed by atoms with Crippen LogP contribution >= 0.6 is 0 Å². The Labute approximate surface area is 145 Å². The third-order valence-electron chi connectivity index (χ3n) is 5.87. The number of benzene rings is 1. The summed E-state index contributed by atoms with van der Waals surface area (Å²) >= 11 is 0. The van der Waals surface area contributed by atoms with Crippen LogP contribution in [0.25, 0.3) is 0 Å². The van der Waals surface area contributed by atoms with Gasteiger partial charge in [0, 0.05) is 11.3 Å². The summed E-state index contributed by atoms with van der Waals surface area (Å²) in [5.74, 6) is -2.39. The van der Waals surface area contributed by atoms with Crippen molar-refractivity contribution in [3.8, 4) is 0 Å². The van der Waals surface area contributed by atoms with Gasteiger partial charge in [-0.1, -0.05) is 31.2 Å². The van der Waals surface area contributed by atoms with Crippen LogP contribution in [0.5, 0.6) is 0 Å². The third-order valence-corrected chi connectivity index (χ3v) is 5.87. The van der Waals surface area contributed by atoms with Gasteiger partial charge in [-0.05, 0) is 17.2 Å². The van der Waals surface area contributed by atoms with E-state index >= 15 is 0 Å². The molecule has 0 radical (unpaired) electrons. The van der Waals surface area contributed by atoms with Crippen molar-refractivity contribution >= 4 is 11.9 Å². The van der Waals surface area contributed by atoms with Crippen molar-refractivity contribution < 1.29 is 28.5 Å². The Hall–Kier alpha value is -2.34. The van der Waals surface area contributed by atoms with Gasteiger partial charge < -0.3 is 18.9 Å². The average Bonchev–Trinajstić information content (AvgIpc) is 3.21. The molecule has 1 spiro atoms. The van der Waals surface area contributed by atoms with Crippen molar-refractivity contribution in [2.24, 2.45) is 11.3 Å². The van der Waals surface area contributed by atoms with Crippen molar-refractivity contribution in [2.45, 2.75) is 24.5 Å². The lowest BCUT2D eigenvalue weighted by Crippen LogP contribution is -2.41. The molecular weight excluding hydrogens is 324 g/mol. The average molecular weight is 344 g/mol. The fraction of sp³-hybridized carbons (Fsp3) is 0.474. The van der Waals surface area contributed by atoms with Crippen molar-refractivity contribution in [1.82, 2.24) is 0 Å². The van der Waals surface area contributed by atoms with E-state index in [9.17, 15) is 9.59 Å². The number of hydrogen-bond acceptors (Lipinski definition) is 6. The zero-order valence-corrected chi connectivity index (χ0v) is 14.4. The van der Waals surface area contributed by atoms with Gasteiger partial charge in [0.2, 0.25) is 0 Å². The summed E-state index contributed by atoms with van der Waals surface area (Å²) in [6.45, 7) is 2.49. The molecule has 4 rings (SSSR count). The van der Waals surface area contributed by atoms with E-state index in [1.54, 1.807) is 6.26 Å². The Bertz CT molecular complexity index is 755. The maximum Gasteiger partial charge on any atom is 0.323 e. The predicted octanol–water partition coefficient (Wildman–Crippen LogP) is 2.11. The molecule has 0 bridgehead atoms. The van der Waals surface area contributed by atoms with E-state index in [-0.39, 0.29) is 11.3 Å². The zero-order valence-electron chi connectivity index (χ0n) is 14.4. The third kappa shape index (κ3) is 1.94. The number of carbonyl (C=O) groups is 2. The molecule has 1 saturated carbocycles. The number of methoxy groups -OCH3 is 2. The van der Waals surface area contributed by atoms with Crippen LogP contribution in [0.4, 0.5) is 0 Å². The van der Waals surface area contributed by atoms with Crippen molar-refractivity contribution in [2.75, 3.05) is 20.8 Å². The lowest BCUT2D eigenvalue weighted by molar-refractivity contribution is -0.175. The molecule has 6 heteroatoms. The number of ether oxygens (including phenoxy) is 4. The largest absolute Gasteiger partial charge is 0.498 e. The first-order valence-electron chi connectivity index (χ1n) is 8.22. The molecule has 3 aliphatic rings. The maximum atomic E-state index is 12.3. The maximum absolute atomic E-state index is 12.3. The van der Waals surface area contributed by atoms with Crippen LogP contribution < -0.4 is 0 Å². The highest BCUT2D eigenvalue weighted by molar-refractivity contribution is 5.96. The van der Waals surface area contributed by atoms with Crippen LogP contribution in [0.2, 0.25) is 0 Å². The van der Waals surface area contributed by atoms with E-state index in [1.807, 2.05) is 30.3 Å².